The molecule has 6 heteroatoms. The minimum absolute atomic E-state index is 0.176. The van der Waals surface area contributed by atoms with Gasteiger partial charge in [0, 0.05) is 25.7 Å². The Kier molecular flexibility index (Phi) is 5.45. The highest BCUT2D eigenvalue weighted by Gasteiger charge is 2.41. The number of fused-ring (bicyclic) bond motifs is 2. The summed E-state index contributed by atoms with van der Waals surface area (Å²) in [6, 6.07) is 0.624. The fraction of sp³-hybridized carbons (Fsp3) is 1.00. The van der Waals surface area contributed by atoms with Gasteiger partial charge in [0.1, 0.15) is 0 Å². The average molecular weight is 303 g/mol. The van der Waals surface area contributed by atoms with Gasteiger partial charge in [-0.25, -0.2) is 0 Å². The minimum atomic E-state index is -3.31. The van der Waals surface area contributed by atoms with Gasteiger partial charge in [-0.2, -0.15) is 17.4 Å². The van der Waals surface area contributed by atoms with Crippen molar-refractivity contribution in [3.63, 3.8) is 0 Å². The van der Waals surface area contributed by atoms with Gasteiger partial charge in [0.15, 0.2) is 0 Å². The molecule has 3 atom stereocenters. The van der Waals surface area contributed by atoms with Gasteiger partial charge in [-0.15, -0.1) is 0 Å². The first-order valence-electron chi connectivity index (χ1n) is 7.85. The highest BCUT2D eigenvalue weighted by atomic mass is 32.2. The van der Waals surface area contributed by atoms with Crippen LogP contribution in [0.3, 0.4) is 0 Å². The van der Waals surface area contributed by atoms with Crippen LogP contribution in [0.25, 0.3) is 0 Å². The van der Waals surface area contributed by atoms with Crippen molar-refractivity contribution in [2.75, 3.05) is 20.1 Å². The molecular weight excluding hydrogens is 274 g/mol. The van der Waals surface area contributed by atoms with Crippen LogP contribution in [0.4, 0.5) is 0 Å². The number of hydrogen-bond donors (Lipinski definition) is 2. The Hall–Kier alpha value is -0.170. The average Bonchev–Trinajstić information content (AvgIpc) is 2.95. The molecule has 5 nitrogen and oxygen atoms in total. The third kappa shape index (κ3) is 4.16. The minimum Gasteiger partial charge on any atom is -0.314 e. The Morgan fingerprint density at radius 2 is 2.00 bits per heavy atom. The molecule has 2 aliphatic carbocycles. The Bertz CT molecular complexity index is 411. The van der Waals surface area contributed by atoms with Crippen LogP contribution >= 0.6 is 0 Å². The maximum absolute atomic E-state index is 12.3. The summed E-state index contributed by atoms with van der Waals surface area (Å²) in [6.45, 7) is 5.61. The molecule has 118 valence electrons. The zero-order chi connectivity index (χ0) is 14.8. The monoisotopic (exact) mass is 303 g/mol. The van der Waals surface area contributed by atoms with E-state index in [2.05, 4.69) is 23.9 Å². The smallest absolute Gasteiger partial charge is 0.279 e. The standard InChI is InChI=1S/C14H29N3O2S/c1-11(2)15-7-4-8-17(3)20(18,19)16-14-10-12-5-6-13(14)9-12/h11-16H,4-10H2,1-3H3. The molecule has 0 aromatic heterocycles. The predicted molar refractivity (Wildman–Crippen MR) is 81.7 cm³/mol. The molecule has 0 radical (unpaired) electrons. The van der Waals surface area contributed by atoms with Crippen LogP contribution in [0.1, 0.15) is 46.0 Å². The lowest BCUT2D eigenvalue weighted by Gasteiger charge is -2.26. The lowest BCUT2D eigenvalue weighted by Crippen LogP contribution is -2.46. The topological polar surface area (TPSA) is 61.4 Å². The van der Waals surface area contributed by atoms with E-state index < -0.39 is 10.2 Å². The molecule has 0 saturated heterocycles. The maximum atomic E-state index is 12.3. The molecular formula is C14H29N3O2S. The molecule has 20 heavy (non-hydrogen) atoms. The van der Waals surface area contributed by atoms with E-state index in [1.807, 2.05) is 0 Å². The van der Waals surface area contributed by atoms with Gasteiger partial charge in [0.05, 0.1) is 0 Å². The molecule has 0 aromatic carbocycles. The predicted octanol–water partition coefficient (Wildman–Crippen LogP) is 1.33. The summed E-state index contributed by atoms with van der Waals surface area (Å²) in [4.78, 5) is 0. The van der Waals surface area contributed by atoms with E-state index in [9.17, 15) is 8.42 Å². The lowest BCUT2D eigenvalue weighted by atomic mass is 9.96. The molecule has 2 aliphatic rings. The summed E-state index contributed by atoms with van der Waals surface area (Å²) in [6.07, 6.45) is 5.58. The first kappa shape index (κ1) is 16.2. The number of nitrogens with one attached hydrogen (secondary N) is 2. The van der Waals surface area contributed by atoms with Gasteiger partial charge in [-0.3, -0.25) is 0 Å². The lowest BCUT2D eigenvalue weighted by molar-refractivity contribution is 0.371. The quantitative estimate of drug-likeness (QED) is 0.665. The van der Waals surface area contributed by atoms with E-state index in [0.29, 0.717) is 18.5 Å². The van der Waals surface area contributed by atoms with Crippen molar-refractivity contribution in [3.8, 4) is 0 Å². The van der Waals surface area contributed by atoms with Gasteiger partial charge in [-0.05, 0) is 44.1 Å². The molecule has 2 fully saturated rings. The van der Waals surface area contributed by atoms with Crippen molar-refractivity contribution in [1.29, 1.82) is 0 Å². The Labute approximate surface area is 123 Å². The molecule has 2 rings (SSSR count). The molecule has 0 spiro atoms. The van der Waals surface area contributed by atoms with Crippen molar-refractivity contribution < 1.29 is 8.42 Å². The Morgan fingerprint density at radius 3 is 2.55 bits per heavy atom. The normalized spacial score (nSPS) is 29.8. The highest BCUT2D eigenvalue weighted by molar-refractivity contribution is 7.87. The van der Waals surface area contributed by atoms with Crippen LogP contribution in [0.2, 0.25) is 0 Å². The summed E-state index contributed by atoms with van der Waals surface area (Å²) in [5.41, 5.74) is 0. The van der Waals surface area contributed by atoms with Crippen LogP contribution in [0.5, 0.6) is 0 Å². The van der Waals surface area contributed by atoms with E-state index >= 15 is 0 Å². The SMILES string of the molecule is CC(C)NCCCN(C)S(=O)(=O)NC1CC2CCC1C2. The van der Waals surface area contributed by atoms with Gasteiger partial charge in [-0.1, -0.05) is 20.3 Å². The Balaban J connectivity index is 1.74. The van der Waals surface area contributed by atoms with Crippen LogP contribution in [0.15, 0.2) is 0 Å². The zero-order valence-electron chi connectivity index (χ0n) is 12.9. The van der Waals surface area contributed by atoms with E-state index in [4.69, 9.17) is 0 Å². The van der Waals surface area contributed by atoms with Gasteiger partial charge >= 0.3 is 0 Å². The van der Waals surface area contributed by atoms with Crippen LogP contribution in [-0.2, 0) is 10.2 Å². The number of nitrogens with zero attached hydrogens (tertiary/aromatic N) is 1. The largest absolute Gasteiger partial charge is 0.314 e. The van der Waals surface area contributed by atoms with Crippen molar-refractivity contribution in [3.05, 3.63) is 0 Å². The highest BCUT2D eigenvalue weighted by Crippen LogP contribution is 2.44. The van der Waals surface area contributed by atoms with Gasteiger partial charge < -0.3 is 5.32 Å². The molecule has 0 heterocycles. The van der Waals surface area contributed by atoms with E-state index in [1.165, 1.54) is 23.6 Å². The second-order valence-corrected chi connectivity index (χ2v) is 8.50. The first-order valence-corrected chi connectivity index (χ1v) is 9.29. The molecule has 0 aromatic rings. The Morgan fingerprint density at radius 1 is 1.25 bits per heavy atom. The summed E-state index contributed by atoms with van der Waals surface area (Å²) in [7, 11) is -1.64. The molecule has 3 unspecified atom stereocenters. The summed E-state index contributed by atoms with van der Waals surface area (Å²) < 4.78 is 28.9. The van der Waals surface area contributed by atoms with Crippen molar-refractivity contribution in [2.24, 2.45) is 11.8 Å². The molecule has 2 N–H and O–H groups in total. The van der Waals surface area contributed by atoms with Gasteiger partial charge in [0.25, 0.3) is 10.2 Å². The molecule has 0 aliphatic heterocycles. The third-order valence-electron chi connectivity index (χ3n) is 4.65. The fourth-order valence-corrected chi connectivity index (χ4v) is 4.70. The van der Waals surface area contributed by atoms with Crippen LogP contribution < -0.4 is 10.0 Å². The summed E-state index contributed by atoms with van der Waals surface area (Å²) in [5, 5.41) is 3.31. The van der Waals surface area contributed by atoms with Crippen molar-refractivity contribution in [2.45, 2.75) is 58.0 Å². The molecule has 2 bridgehead atoms. The van der Waals surface area contributed by atoms with Crippen molar-refractivity contribution >= 4 is 10.2 Å². The second kappa shape index (κ2) is 6.73. The summed E-state index contributed by atoms with van der Waals surface area (Å²) in [5.74, 6) is 1.33. The third-order valence-corrected chi connectivity index (χ3v) is 6.25. The second-order valence-electron chi connectivity index (χ2n) is 6.69. The van der Waals surface area contributed by atoms with E-state index in [1.54, 1.807) is 7.05 Å². The van der Waals surface area contributed by atoms with Crippen molar-refractivity contribution in [1.82, 2.24) is 14.3 Å². The van der Waals surface area contributed by atoms with Crippen LogP contribution in [0, 0.1) is 11.8 Å². The molecule has 0 amide bonds. The van der Waals surface area contributed by atoms with E-state index in [0.717, 1.165) is 25.3 Å². The van der Waals surface area contributed by atoms with E-state index in [-0.39, 0.29) is 6.04 Å². The maximum Gasteiger partial charge on any atom is 0.279 e. The number of rotatable bonds is 8. The summed E-state index contributed by atoms with van der Waals surface area (Å²) >= 11 is 0. The zero-order valence-corrected chi connectivity index (χ0v) is 13.7. The van der Waals surface area contributed by atoms with Gasteiger partial charge in [0.2, 0.25) is 0 Å². The first-order chi connectivity index (χ1) is 9.38. The fourth-order valence-electron chi connectivity index (χ4n) is 3.48. The molecule has 2 saturated carbocycles. The number of hydrogen-bond acceptors (Lipinski definition) is 3. The van der Waals surface area contributed by atoms with Crippen LogP contribution in [-0.4, -0.2) is 44.9 Å².